The van der Waals surface area contributed by atoms with Crippen LogP contribution in [0.15, 0.2) is 53.3 Å². The topological polar surface area (TPSA) is 75.9 Å². The van der Waals surface area contributed by atoms with Crippen molar-refractivity contribution in [3.05, 3.63) is 66.0 Å². The highest BCUT2D eigenvalue weighted by atomic mass is 19.1. The van der Waals surface area contributed by atoms with Crippen molar-refractivity contribution in [2.24, 2.45) is 0 Å². The van der Waals surface area contributed by atoms with Gasteiger partial charge in [-0.3, -0.25) is 0 Å². The second-order valence-electron chi connectivity index (χ2n) is 4.54. The van der Waals surface area contributed by atoms with Gasteiger partial charge >= 0.3 is 0 Å². The number of hydrogen-bond donors (Lipinski definition) is 2. The van der Waals surface area contributed by atoms with Crippen LogP contribution in [0.3, 0.4) is 0 Å². The molecule has 0 aliphatic heterocycles. The highest BCUT2D eigenvalue weighted by Crippen LogP contribution is 2.10. The predicted octanol–water partition coefficient (Wildman–Crippen LogP) is 2.83. The number of rotatable bonds is 6. The van der Waals surface area contributed by atoms with E-state index in [1.807, 2.05) is 12.1 Å². The molecule has 0 saturated heterocycles. The first-order chi connectivity index (χ1) is 10.8. The molecule has 2 aromatic heterocycles. The fourth-order valence-electron chi connectivity index (χ4n) is 1.87. The lowest BCUT2D eigenvalue weighted by molar-refractivity contribution is 0.517. The summed E-state index contributed by atoms with van der Waals surface area (Å²) in [6, 6.07) is 10.2. The van der Waals surface area contributed by atoms with Gasteiger partial charge in [-0.15, -0.1) is 5.10 Å². The summed E-state index contributed by atoms with van der Waals surface area (Å²) in [6.07, 6.45) is 3.08. The molecule has 0 bridgehead atoms. The van der Waals surface area contributed by atoms with Gasteiger partial charge in [0.25, 0.3) is 0 Å². The molecular formula is C15H14FN5O. The second-order valence-corrected chi connectivity index (χ2v) is 4.54. The van der Waals surface area contributed by atoms with Crippen molar-refractivity contribution in [1.82, 2.24) is 15.2 Å². The quantitative estimate of drug-likeness (QED) is 0.729. The van der Waals surface area contributed by atoms with E-state index >= 15 is 0 Å². The van der Waals surface area contributed by atoms with Crippen LogP contribution in [0.1, 0.15) is 11.3 Å². The molecule has 0 fully saturated rings. The van der Waals surface area contributed by atoms with Crippen molar-refractivity contribution >= 4 is 11.8 Å². The Balaban J connectivity index is 1.60. The fourth-order valence-corrected chi connectivity index (χ4v) is 1.87. The Labute approximate surface area is 126 Å². The molecular weight excluding hydrogens is 285 g/mol. The molecule has 0 radical (unpaired) electrons. The molecule has 0 aliphatic carbocycles. The van der Waals surface area contributed by atoms with Crippen molar-refractivity contribution in [3.8, 4) is 0 Å². The van der Waals surface area contributed by atoms with Gasteiger partial charge in [0.1, 0.15) is 11.6 Å². The van der Waals surface area contributed by atoms with E-state index in [0.717, 1.165) is 5.76 Å². The highest BCUT2D eigenvalue weighted by molar-refractivity contribution is 5.38. The van der Waals surface area contributed by atoms with Crippen molar-refractivity contribution in [2.45, 2.75) is 13.1 Å². The Hall–Kier alpha value is -2.96. The van der Waals surface area contributed by atoms with Crippen molar-refractivity contribution < 1.29 is 8.81 Å². The van der Waals surface area contributed by atoms with Gasteiger partial charge in [0.2, 0.25) is 5.95 Å². The monoisotopic (exact) mass is 299 g/mol. The maximum Gasteiger partial charge on any atom is 0.245 e. The van der Waals surface area contributed by atoms with Crippen LogP contribution in [0, 0.1) is 5.82 Å². The lowest BCUT2D eigenvalue weighted by Crippen LogP contribution is -2.08. The summed E-state index contributed by atoms with van der Waals surface area (Å²) in [5.41, 5.74) is 0.561. The van der Waals surface area contributed by atoms with Gasteiger partial charge in [0.15, 0.2) is 5.82 Å². The van der Waals surface area contributed by atoms with Crippen LogP contribution in [-0.2, 0) is 13.1 Å². The number of anilines is 2. The van der Waals surface area contributed by atoms with Crippen molar-refractivity contribution in [3.63, 3.8) is 0 Å². The molecule has 112 valence electrons. The smallest absolute Gasteiger partial charge is 0.245 e. The Morgan fingerprint density at radius 2 is 1.95 bits per heavy atom. The SMILES string of the molecule is Fc1ccccc1CNc1cnnc(NCc2ccco2)n1. The third-order valence-electron chi connectivity index (χ3n) is 2.98. The van der Waals surface area contributed by atoms with Crippen LogP contribution in [0.5, 0.6) is 0 Å². The molecule has 7 heteroatoms. The molecule has 0 spiro atoms. The molecule has 3 rings (SSSR count). The van der Waals surface area contributed by atoms with E-state index in [1.54, 1.807) is 24.5 Å². The van der Waals surface area contributed by atoms with Gasteiger partial charge < -0.3 is 15.1 Å². The molecule has 3 aromatic rings. The van der Waals surface area contributed by atoms with Gasteiger partial charge in [0.05, 0.1) is 19.0 Å². The first-order valence-corrected chi connectivity index (χ1v) is 6.74. The summed E-state index contributed by atoms with van der Waals surface area (Å²) >= 11 is 0. The summed E-state index contributed by atoms with van der Waals surface area (Å²) in [7, 11) is 0. The minimum absolute atomic E-state index is 0.256. The molecule has 6 nitrogen and oxygen atoms in total. The summed E-state index contributed by atoms with van der Waals surface area (Å²) in [5.74, 6) is 1.40. The van der Waals surface area contributed by atoms with Crippen molar-refractivity contribution in [2.75, 3.05) is 10.6 Å². The molecule has 2 heterocycles. The zero-order valence-electron chi connectivity index (χ0n) is 11.7. The minimum Gasteiger partial charge on any atom is -0.467 e. The van der Waals surface area contributed by atoms with Gasteiger partial charge in [-0.1, -0.05) is 18.2 Å². The summed E-state index contributed by atoms with van der Waals surface area (Å²) in [5, 5.41) is 13.8. The first-order valence-electron chi connectivity index (χ1n) is 6.74. The number of furan rings is 1. The van der Waals surface area contributed by atoms with E-state index in [9.17, 15) is 4.39 Å². The Morgan fingerprint density at radius 3 is 2.77 bits per heavy atom. The largest absolute Gasteiger partial charge is 0.467 e. The van der Waals surface area contributed by atoms with Gasteiger partial charge in [-0.25, -0.2) is 4.39 Å². The fraction of sp³-hybridized carbons (Fsp3) is 0.133. The first kappa shape index (κ1) is 14.0. The van der Waals surface area contributed by atoms with Crippen LogP contribution < -0.4 is 10.6 Å². The van der Waals surface area contributed by atoms with Crippen molar-refractivity contribution in [1.29, 1.82) is 0 Å². The van der Waals surface area contributed by atoms with E-state index in [0.29, 0.717) is 30.4 Å². The normalized spacial score (nSPS) is 10.4. The minimum atomic E-state index is -0.256. The van der Waals surface area contributed by atoms with E-state index in [-0.39, 0.29) is 5.82 Å². The molecule has 0 atom stereocenters. The zero-order chi connectivity index (χ0) is 15.2. The molecule has 22 heavy (non-hydrogen) atoms. The average molecular weight is 299 g/mol. The maximum absolute atomic E-state index is 13.5. The molecule has 0 amide bonds. The molecule has 2 N–H and O–H groups in total. The van der Waals surface area contributed by atoms with Crippen LogP contribution in [-0.4, -0.2) is 15.2 Å². The number of aromatic nitrogens is 3. The summed E-state index contributed by atoms with van der Waals surface area (Å²) in [4.78, 5) is 4.26. The average Bonchev–Trinajstić information content (AvgIpc) is 3.06. The van der Waals surface area contributed by atoms with Crippen LogP contribution in [0.4, 0.5) is 16.2 Å². The standard InChI is InChI=1S/C15H14FN5O/c16-13-6-2-1-4-11(13)8-17-14-10-19-21-15(20-14)18-9-12-5-3-7-22-12/h1-7,10H,8-9H2,(H2,17,18,20,21). The Morgan fingerprint density at radius 1 is 1.05 bits per heavy atom. The van der Waals surface area contributed by atoms with Gasteiger partial charge in [0, 0.05) is 12.1 Å². The Bertz CT molecular complexity index is 732. The molecule has 0 saturated carbocycles. The van der Waals surface area contributed by atoms with Crippen LogP contribution in [0.2, 0.25) is 0 Å². The molecule has 0 aliphatic rings. The summed E-state index contributed by atoms with van der Waals surface area (Å²) in [6.45, 7) is 0.786. The number of halogens is 1. The molecule has 0 unspecified atom stereocenters. The van der Waals surface area contributed by atoms with Crippen LogP contribution >= 0.6 is 0 Å². The maximum atomic E-state index is 13.5. The lowest BCUT2D eigenvalue weighted by atomic mass is 10.2. The number of hydrogen-bond acceptors (Lipinski definition) is 6. The van der Waals surface area contributed by atoms with E-state index in [4.69, 9.17) is 4.42 Å². The van der Waals surface area contributed by atoms with E-state index < -0.39 is 0 Å². The van der Waals surface area contributed by atoms with Gasteiger partial charge in [-0.05, 0) is 18.2 Å². The van der Waals surface area contributed by atoms with Gasteiger partial charge in [-0.2, -0.15) is 10.1 Å². The van der Waals surface area contributed by atoms with E-state index in [2.05, 4.69) is 25.8 Å². The zero-order valence-corrected chi connectivity index (χ0v) is 11.7. The lowest BCUT2D eigenvalue weighted by Gasteiger charge is -2.07. The van der Waals surface area contributed by atoms with Crippen LogP contribution in [0.25, 0.3) is 0 Å². The highest BCUT2D eigenvalue weighted by Gasteiger charge is 2.04. The number of nitrogens with zero attached hydrogens (tertiary/aromatic N) is 3. The summed E-state index contributed by atoms with van der Waals surface area (Å²) < 4.78 is 18.7. The van der Waals surface area contributed by atoms with E-state index in [1.165, 1.54) is 12.3 Å². The number of nitrogens with one attached hydrogen (secondary N) is 2. The Kier molecular flexibility index (Phi) is 4.24. The third-order valence-corrected chi connectivity index (χ3v) is 2.98. The molecule has 1 aromatic carbocycles. The number of benzene rings is 1. The predicted molar refractivity (Wildman–Crippen MR) is 79.6 cm³/mol. The second kappa shape index (κ2) is 6.66. The third kappa shape index (κ3) is 3.57.